The standard InChI is InChI=1S/C46H29NO/c1-2-14-30(15-3-1)35-24-12-25-40-41-26-13-27-42(46(41)48-45(35)40)47(43-28-31-16-4-6-18-33(31)36-20-8-10-22-38(36)43)44-29-32-17-5-7-19-34(32)37-21-9-11-23-39(37)44/h1-29H. The van der Waals surface area contributed by atoms with Crippen molar-refractivity contribution in [3.63, 3.8) is 0 Å². The SMILES string of the molecule is c1ccc(-c2cccc3c2oc2c(N(c4cc5ccccc5c5ccccc45)c4cc5ccccc5c5ccccc45)cccc23)cc1. The number of rotatable bonds is 4. The Balaban J connectivity index is 1.37. The maximum absolute atomic E-state index is 7.05. The quantitative estimate of drug-likeness (QED) is 0.184. The van der Waals surface area contributed by atoms with Gasteiger partial charge in [-0.15, -0.1) is 0 Å². The van der Waals surface area contributed by atoms with Gasteiger partial charge in [-0.2, -0.15) is 0 Å². The molecule has 0 aliphatic rings. The Morgan fingerprint density at radius 3 is 1.38 bits per heavy atom. The van der Waals surface area contributed by atoms with Gasteiger partial charge in [0, 0.05) is 27.1 Å². The molecule has 2 heteroatoms. The number of para-hydroxylation sites is 2. The van der Waals surface area contributed by atoms with Crippen LogP contribution in [0.1, 0.15) is 0 Å². The minimum Gasteiger partial charge on any atom is -0.453 e. The molecule has 0 radical (unpaired) electrons. The van der Waals surface area contributed by atoms with Crippen molar-refractivity contribution in [2.75, 3.05) is 4.90 Å². The van der Waals surface area contributed by atoms with Gasteiger partial charge < -0.3 is 9.32 Å². The molecular weight excluding hydrogens is 583 g/mol. The van der Waals surface area contributed by atoms with Gasteiger partial charge in [0.15, 0.2) is 5.58 Å². The Morgan fingerprint density at radius 1 is 0.312 bits per heavy atom. The zero-order chi connectivity index (χ0) is 31.6. The highest BCUT2D eigenvalue weighted by molar-refractivity contribution is 6.21. The van der Waals surface area contributed by atoms with Gasteiger partial charge in [0.1, 0.15) is 5.58 Å². The molecule has 0 aliphatic carbocycles. The van der Waals surface area contributed by atoms with Crippen molar-refractivity contribution in [1.29, 1.82) is 0 Å². The van der Waals surface area contributed by atoms with E-state index in [-0.39, 0.29) is 0 Å². The summed E-state index contributed by atoms with van der Waals surface area (Å²) in [6.07, 6.45) is 0. The first-order chi connectivity index (χ1) is 23.8. The number of nitrogens with zero attached hydrogens (tertiary/aromatic N) is 1. The van der Waals surface area contributed by atoms with Crippen LogP contribution in [0.15, 0.2) is 180 Å². The first-order valence-electron chi connectivity index (χ1n) is 16.4. The van der Waals surface area contributed by atoms with Crippen LogP contribution in [-0.4, -0.2) is 0 Å². The van der Waals surface area contributed by atoms with Gasteiger partial charge in [-0.1, -0.05) is 158 Å². The molecule has 2 nitrogen and oxygen atoms in total. The van der Waals surface area contributed by atoms with E-state index in [9.17, 15) is 0 Å². The van der Waals surface area contributed by atoms with E-state index in [1.54, 1.807) is 0 Å². The molecule has 0 amide bonds. The average molecular weight is 612 g/mol. The third kappa shape index (κ3) is 4.00. The predicted octanol–water partition coefficient (Wildman–Crippen LogP) is 13.3. The molecule has 0 bridgehead atoms. The predicted molar refractivity (Wildman–Crippen MR) is 204 cm³/mol. The van der Waals surface area contributed by atoms with Gasteiger partial charge in [0.25, 0.3) is 0 Å². The second-order valence-corrected chi connectivity index (χ2v) is 12.5. The molecule has 0 N–H and O–H groups in total. The Morgan fingerprint density at radius 2 is 0.771 bits per heavy atom. The van der Waals surface area contributed by atoms with E-state index in [1.165, 1.54) is 43.1 Å². The molecular formula is C46H29NO. The molecule has 0 atom stereocenters. The van der Waals surface area contributed by atoms with Crippen LogP contribution in [0.4, 0.5) is 17.1 Å². The van der Waals surface area contributed by atoms with Gasteiger partial charge in [0.2, 0.25) is 0 Å². The van der Waals surface area contributed by atoms with E-state index in [1.807, 2.05) is 0 Å². The average Bonchev–Trinajstić information content (AvgIpc) is 3.55. The molecule has 48 heavy (non-hydrogen) atoms. The molecule has 0 unspecified atom stereocenters. The number of hydrogen-bond acceptors (Lipinski definition) is 2. The molecule has 0 spiro atoms. The van der Waals surface area contributed by atoms with Crippen LogP contribution in [-0.2, 0) is 0 Å². The lowest BCUT2D eigenvalue weighted by atomic mass is 9.96. The molecule has 224 valence electrons. The smallest absolute Gasteiger partial charge is 0.159 e. The van der Waals surface area contributed by atoms with E-state index >= 15 is 0 Å². The summed E-state index contributed by atoms with van der Waals surface area (Å²) in [7, 11) is 0. The Bertz CT molecular complexity index is 2730. The lowest BCUT2D eigenvalue weighted by molar-refractivity contribution is 0.670. The summed E-state index contributed by atoms with van der Waals surface area (Å²) >= 11 is 0. The number of hydrogen-bond donors (Lipinski definition) is 0. The van der Waals surface area contributed by atoms with Crippen LogP contribution in [0.2, 0.25) is 0 Å². The fraction of sp³-hybridized carbons (Fsp3) is 0. The number of furan rings is 1. The number of benzene rings is 9. The van der Waals surface area contributed by atoms with Crippen LogP contribution in [0.5, 0.6) is 0 Å². The van der Waals surface area contributed by atoms with E-state index in [2.05, 4.69) is 181 Å². The van der Waals surface area contributed by atoms with E-state index < -0.39 is 0 Å². The van der Waals surface area contributed by atoms with Crippen LogP contribution in [0, 0.1) is 0 Å². The molecule has 0 fully saturated rings. The van der Waals surface area contributed by atoms with Crippen molar-refractivity contribution in [1.82, 2.24) is 0 Å². The zero-order valence-electron chi connectivity index (χ0n) is 26.1. The summed E-state index contributed by atoms with van der Waals surface area (Å²) in [5, 5.41) is 11.9. The van der Waals surface area contributed by atoms with E-state index in [0.717, 1.165) is 50.1 Å². The van der Waals surface area contributed by atoms with Crippen LogP contribution in [0.25, 0.3) is 76.2 Å². The summed E-state index contributed by atoms with van der Waals surface area (Å²) < 4.78 is 7.05. The molecule has 0 saturated heterocycles. The lowest BCUT2D eigenvalue weighted by Crippen LogP contribution is -2.11. The summed E-state index contributed by atoms with van der Waals surface area (Å²) in [5.41, 5.74) is 7.23. The first-order valence-corrected chi connectivity index (χ1v) is 16.4. The van der Waals surface area contributed by atoms with Crippen molar-refractivity contribution >= 4 is 82.1 Å². The number of anilines is 3. The second-order valence-electron chi connectivity index (χ2n) is 12.5. The zero-order valence-corrected chi connectivity index (χ0v) is 26.1. The third-order valence-corrected chi connectivity index (χ3v) is 9.80. The Hall–Kier alpha value is -6.38. The third-order valence-electron chi connectivity index (χ3n) is 9.80. The van der Waals surface area contributed by atoms with Crippen LogP contribution in [0.3, 0.4) is 0 Å². The maximum atomic E-state index is 7.05. The fourth-order valence-electron chi connectivity index (χ4n) is 7.65. The van der Waals surface area contributed by atoms with Gasteiger partial charge >= 0.3 is 0 Å². The van der Waals surface area contributed by atoms with Gasteiger partial charge in [-0.25, -0.2) is 0 Å². The molecule has 10 rings (SSSR count). The van der Waals surface area contributed by atoms with Crippen molar-refractivity contribution in [2.24, 2.45) is 0 Å². The highest BCUT2D eigenvalue weighted by atomic mass is 16.3. The highest BCUT2D eigenvalue weighted by Crippen LogP contribution is 2.49. The summed E-state index contributed by atoms with van der Waals surface area (Å²) in [6, 6.07) is 63.2. The normalized spacial score (nSPS) is 11.8. The molecule has 1 heterocycles. The first kappa shape index (κ1) is 26.8. The highest BCUT2D eigenvalue weighted by Gasteiger charge is 2.24. The Kier molecular flexibility index (Phi) is 5.91. The number of fused-ring (bicyclic) bond motifs is 9. The molecule has 10 aromatic rings. The topological polar surface area (TPSA) is 16.4 Å². The van der Waals surface area contributed by atoms with E-state index in [4.69, 9.17) is 4.42 Å². The van der Waals surface area contributed by atoms with Crippen molar-refractivity contribution in [2.45, 2.75) is 0 Å². The van der Waals surface area contributed by atoms with Crippen molar-refractivity contribution in [3.05, 3.63) is 176 Å². The summed E-state index contributed by atoms with van der Waals surface area (Å²) in [5.74, 6) is 0. The van der Waals surface area contributed by atoms with Gasteiger partial charge in [-0.3, -0.25) is 0 Å². The van der Waals surface area contributed by atoms with Crippen molar-refractivity contribution < 1.29 is 4.42 Å². The molecule has 9 aromatic carbocycles. The lowest BCUT2D eigenvalue weighted by Gasteiger charge is -2.29. The van der Waals surface area contributed by atoms with Crippen LogP contribution >= 0.6 is 0 Å². The molecule has 1 aromatic heterocycles. The maximum Gasteiger partial charge on any atom is 0.159 e. The second kappa shape index (κ2) is 10.6. The summed E-state index contributed by atoms with van der Waals surface area (Å²) in [4.78, 5) is 2.44. The van der Waals surface area contributed by atoms with Gasteiger partial charge in [-0.05, 0) is 56.1 Å². The van der Waals surface area contributed by atoms with Crippen molar-refractivity contribution in [3.8, 4) is 11.1 Å². The van der Waals surface area contributed by atoms with Gasteiger partial charge in [0.05, 0.1) is 17.1 Å². The molecule has 0 aliphatic heterocycles. The largest absolute Gasteiger partial charge is 0.453 e. The fourth-order valence-corrected chi connectivity index (χ4v) is 7.65. The van der Waals surface area contributed by atoms with E-state index in [0.29, 0.717) is 0 Å². The summed E-state index contributed by atoms with van der Waals surface area (Å²) in [6.45, 7) is 0. The minimum absolute atomic E-state index is 0.866. The minimum atomic E-state index is 0.866. The monoisotopic (exact) mass is 611 g/mol. The van der Waals surface area contributed by atoms with Crippen LogP contribution < -0.4 is 4.90 Å². The molecule has 0 saturated carbocycles. The Labute approximate surface area is 277 Å².